The van der Waals surface area contributed by atoms with Crippen LogP contribution in [0.1, 0.15) is 39.0 Å². The molecule has 3 heterocycles. The van der Waals surface area contributed by atoms with E-state index in [1.165, 1.54) is 12.3 Å². The number of pyridine rings is 1. The highest BCUT2D eigenvalue weighted by Gasteiger charge is 2.34. The molecule has 0 saturated heterocycles. The molecule has 0 unspecified atom stereocenters. The minimum absolute atomic E-state index is 0.219. The molecule has 0 fully saturated rings. The predicted octanol–water partition coefficient (Wildman–Crippen LogP) is 2.88. The zero-order valence-corrected chi connectivity index (χ0v) is 13.7. The van der Waals surface area contributed by atoms with Crippen molar-refractivity contribution in [2.75, 3.05) is 6.54 Å². The number of aromatic nitrogens is 2. The highest BCUT2D eigenvalue weighted by Crippen LogP contribution is 2.37. The summed E-state index contributed by atoms with van der Waals surface area (Å²) >= 11 is 0. The van der Waals surface area contributed by atoms with Crippen molar-refractivity contribution in [1.29, 1.82) is 0 Å². The van der Waals surface area contributed by atoms with Crippen LogP contribution in [0.15, 0.2) is 18.5 Å². The average Bonchev–Trinajstić information content (AvgIpc) is 2.75. The summed E-state index contributed by atoms with van der Waals surface area (Å²) in [5.41, 5.74) is 2.90. The Bertz CT molecular complexity index is 806. The fourth-order valence-electron chi connectivity index (χ4n) is 2.92. The Kier molecular flexibility index (Phi) is 3.62. The standard InChI is InChI=1S/C17H20FN3O2/c1-9(2)23-16(22)11-7-19-8-17(3,4)13-14(11)21-12-5-10(18)6-20-15(12)13/h5-7,9,19,21H,8H2,1-4H3. The number of H-pyrrole nitrogens is 1. The molecule has 0 radical (unpaired) electrons. The number of carbonyl (C=O) groups is 1. The molecule has 122 valence electrons. The Morgan fingerprint density at radius 1 is 1.43 bits per heavy atom. The average molecular weight is 317 g/mol. The van der Waals surface area contributed by atoms with Crippen LogP contribution in [0, 0.1) is 5.82 Å². The van der Waals surface area contributed by atoms with Crippen LogP contribution >= 0.6 is 0 Å². The molecule has 1 aliphatic rings. The van der Waals surface area contributed by atoms with Crippen LogP contribution in [0.2, 0.25) is 0 Å². The van der Waals surface area contributed by atoms with Gasteiger partial charge in [-0.3, -0.25) is 4.98 Å². The maximum Gasteiger partial charge on any atom is 0.342 e. The number of rotatable bonds is 2. The van der Waals surface area contributed by atoms with Crippen molar-refractivity contribution in [2.45, 2.75) is 39.2 Å². The second kappa shape index (κ2) is 5.37. The third kappa shape index (κ3) is 2.69. The highest BCUT2D eigenvalue weighted by molar-refractivity contribution is 6.17. The van der Waals surface area contributed by atoms with Gasteiger partial charge in [0.05, 0.1) is 34.6 Å². The lowest BCUT2D eigenvalue weighted by Gasteiger charge is -2.23. The maximum absolute atomic E-state index is 13.5. The number of aromatic amines is 1. The molecular formula is C17H20FN3O2. The first-order chi connectivity index (χ1) is 10.8. The second-order valence-electron chi connectivity index (χ2n) is 6.70. The number of halogens is 1. The molecule has 0 amide bonds. The molecule has 0 bridgehead atoms. The van der Waals surface area contributed by atoms with Crippen molar-refractivity contribution in [2.24, 2.45) is 0 Å². The zero-order valence-electron chi connectivity index (χ0n) is 13.7. The minimum Gasteiger partial charge on any atom is -0.459 e. The molecule has 1 aliphatic heterocycles. The summed E-state index contributed by atoms with van der Waals surface area (Å²) < 4.78 is 18.8. The normalized spacial score (nSPS) is 16.5. The number of hydrogen-bond donors (Lipinski definition) is 2. The van der Waals surface area contributed by atoms with Gasteiger partial charge < -0.3 is 15.0 Å². The van der Waals surface area contributed by atoms with E-state index in [2.05, 4.69) is 29.1 Å². The van der Waals surface area contributed by atoms with Crippen LogP contribution in [-0.2, 0) is 14.9 Å². The van der Waals surface area contributed by atoms with Crippen LogP contribution < -0.4 is 5.32 Å². The number of nitrogens with zero attached hydrogens (tertiary/aromatic N) is 1. The van der Waals surface area contributed by atoms with Gasteiger partial charge in [-0.1, -0.05) is 13.8 Å². The maximum atomic E-state index is 13.5. The monoisotopic (exact) mass is 317 g/mol. The first kappa shape index (κ1) is 15.5. The largest absolute Gasteiger partial charge is 0.459 e. The van der Waals surface area contributed by atoms with Crippen molar-refractivity contribution in [3.05, 3.63) is 35.5 Å². The van der Waals surface area contributed by atoms with E-state index in [-0.39, 0.29) is 11.5 Å². The molecule has 0 atom stereocenters. The number of ether oxygens (including phenoxy) is 1. The quantitative estimate of drug-likeness (QED) is 0.836. The zero-order chi connectivity index (χ0) is 16.8. The lowest BCUT2D eigenvalue weighted by atomic mass is 9.83. The van der Waals surface area contributed by atoms with Gasteiger partial charge in [-0.15, -0.1) is 0 Å². The predicted molar refractivity (Wildman–Crippen MR) is 86.3 cm³/mol. The topological polar surface area (TPSA) is 67.0 Å². The van der Waals surface area contributed by atoms with Gasteiger partial charge in [0.2, 0.25) is 0 Å². The van der Waals surface area contributed by atoms with E-state index in [4.69, 9.17) is 4.74 Å². The molecule has 5 nitrogen and oxygen atoms in total. The van der Waals surface area contributed by atoms with Gasteiger partial charge in [0, 0.05) is 29.8 Å². The summed E-state index contributed by atoms with van der Waals surface area (Å²) in [6, 6.07) is 1.39. The third-order valence-electron chi connectivity index (χ3n) is 3.90. The van der Waals surface area contributed by atoms with E-state index in [1.54, 1.807) is 20.0 Å². The first-order valence-electron chi connectivity index (χ1n) is 7.62. The van der Waals surface area contributed by atoms with Gasteiger partial charge in [0.15, 0.2) is 0 Å². The lowest BCUT2D eigenvalue weighted by Crippen LogP contribution is -2.29. The summed E-state index contributed by atoms with van der Waals surface area (Å²) in [6.45, 7) is 8.35. The summed E-state index contributed by atoms with van der Waals surface area (Å²) in [5.74, 6) is -0.835. The molecule has 3 rings (SSSR count). The van der Waals surface area contributed by atoms with Crippen LogP contribution in [0.5, 0.6) is 0 Å². The molecule has 2 aromatic rings. The van der Waals surface area contributed by atoms with Gasteiger partial charge >= 0.3 is 5.97 Å². The summed E-state index contributed by atoms with van der Waals surface area (Å²) in [7, 11) is 0. The van der Waals surface area contributed by atoms with Crippen molar-refractivity contribution in [3.8, 4) is 0 Å². The lowest BCUT2D eigenvalue weighted by molar-refractivity contribution is -0.140. The molecule has 6 heteroatoms. The molecule has 2 aromatic heterocycles. The van der Waals surface area contributed by atoms with Crippen LogP contribution in [0.3, 0.4) is 0 Å². The number of hydrogen-bond acceptors (Lipinski definition) is 4. The van der Waals surface area contributed by atoms with Crippen molar-refractivity contribution in [1.82, 2.24) is 15.3 Å². The van der Waals surface area contributed by atoms with Gasteiger partial charge in [-0.2, -0.15) is 0 Å². The van der Waals surface area contributed by atoms with E-state index in [1.807, 2.05) is 0 Å². The Labute approximate surface area is 133 Å². The molecule has 0 spiro atoms. The van der Waals surface area contributed by atoms with Crippen LogP contribution in [0.25, 0.3) is 16.6 Å². The van der Waals surface area contributed by atoms with Crippen molar-refractivity contribution < 1.29 is 13.9 Å². The second-order valence-corrected chi connectivity index (χ2v) is 6.70. The Morgan fingerprint density at radius 2 is 2.17 bits per heavy atom. The minimum atomic E-state index is -0.418. The van der Waals surface area contributed by atoms with Gasteiger partial charge in [0.1, 0.15) is 5.82 Å². The fourth-order valence-corrected chi connectivity index (χ4v) is 2.92. The van der Waals surface area contributed by atoms with E-state index in [0.29, 0.717) is 28.8 Å². The smallest absolute Gasteiger partial charge is 0.342 e. The van der Waals surface area contributed by atoms with Gasteiger partial charge in [-0.25, -0.2) is 9.18 Å². The molecule has 0 aliphatic carbocycles. The summed E-state index contributed by atoms with van der Waals surface area (Å²) in [4.78, 5) is 19.8. The molecular weight excluding hydrogens is 297 g/mol. The van der Waals surface area contributed by atoms with E-state index >= 15 is 0 Å². The number of fused-ring (bicyclic) bond motifs is 3. The van der Waals surface area contributed by atoms with Crippen molar-refractivity contribution in [3.63, 3.8) is 0 Å². The first-order valence-corrected chi connectivity index (χ1v) is 7.62. The van der Waals surface area contributed by atoms with Crippen LogP contribution in [0.4, 0.5) is 4.39 Å². The fraction of sp³-hybridized carbons (Fsp3) is 0.412. The Balaban J connectivity index is 2.22. The van der Waals surface area contributed by atoms with Crippen molar-refractivity contribution >= 4 is 22.6 Å². The summed E-state index contributed by atoms with van der Waals surface area (Å²) in [5, 5.41) is 3.17. The van der Waals surface area contributed by atoms with Gasteiger partial charge in [-0.05, 0) is 13.8 Å². The van der Waals surface area contributed by atoms with E-state index in [0.717, 1.165) is 5.56 Å². The number of carbonyl (C=O) groups excluding carboxylic acids is 1. The molecule has 0 aromatic carbocycles. The van der Waals surface area contributed by atoms with Crippen LogP contribution in [-0.4, -0.2) is 28.6 Å². The highest BCUT2D eigenvalue weighted by atomic mass is 19.1. The molecule has 2 N–H and O–H groups in total. The van der Waals surface area contributed by atoms with Gasteiger partial charge in [0.25, 0.3) is 0 Å². The SMILES string of the molecule is CC(C)OC(=O)C1=CNCC(C)(C)c2c1[nH]c1cc(F)cnc21. The molecule has 0 saturated carbocycles. The van der Waals surface area contributed by atoms with E-state index < -0.39 is 11.8 Å². The summed E-state index contributed by atoms with van der Waals surface area (Å²) in [6.07, 6.45) is 2.63. The Morgan fingerprint density at radius 3 is 2.87 bits per heavy atom. The Hall–Kier alpha value is -2.37. The van der Waals surface area contributed by atoms with E-state index in [9.17, 15) is 9.18 Å². The molecule has 23 heavy (non-hydrogen) atoms. The third-order valence-corrected chi connectivity index (χ3v) is 3.90. The number of nitrogens with one attached hydrogen (secondary N) is 2. The number of esters is 1.